The van der Waals surface area contributed by atoms with Crippen LogP contribution < -0.4 is 0 Å². The number of aliphatic hydroxyl groups excluding tert-OH is 1. The van der Waals surface area contributed by atoms with Gasteiger partial charge >= 0.3 is 0 Å². The fourth-order valence-electron chi connectivity index (χ4n) is 2.06. The van der Waals surface area contributed by atoms with Gasteiger partial charge in [-0.05, 0) is 12.8 Å². The second-order valence-corrected chi connectivity index (χ2v) is 4.67. The Labute approximate surface area is 87.0 Å². The summed E-state index contributed by atoms with van der Waals surface area (Å²) in [5.74, 6) is 0. The first-order valence-corrected chi connectivity index (χ1v) is 5.65. The normalized spacial score (nSPS) is 21.7. The molecule has 1 heterocycles. The van der Waals surface area contributed by atoms with E-state index in [0.717, 1.165) is 25.7 Å². The van der Waals surface area contributed by atoms with Gasteiger partial charge in [0.05, 0.1) is 11.5 Å². The van der Waals surface area contributed by atoms with Gasteiger partial charge in [-0.3, -0.25) is 0 Å². The zero-order chi connectivity index (χ0) is 10.0. The lowest BCUT2D eigenvalue weighted by molar-refractivity contribution is 0.0668. The van der Waals surface area contributed by atoms with Gasteiger partial charge in [-0.2, -0.15) is 5.26 Å². The Bertz CT molecular complexity index is 336. The van der Waals surface area contributed by atoms with Gasteiger partial charge in [0, 0.05) is 11.6 Å². The second-order valence-electron chi connectivity index (χ2n) is 3.75. The number of aliphatic hydroxyl groups is 1. The van der Waals surface area contributed by atoms with Crippen LogP contribution in [0.1, 0.15) is 36.8 Å². The molecule has 1 unspecified atom stereocenters. The van der Waals surface area contributed by atoms with Gasteiger partial charge in [0.2, 0.25) is 0 Å². The van der Waals surface area contributed by atoms with E-state index in [2.05, 4.69) is 11.1 Å². The maximum Gasteiger partial charge on any atom is 0.124 e. The van der Waals surface area contributed by atoms with Crippen LogP contribution in [0.15, 0.2) is 11.6 Å². The zero-order valence-electron chi connectivity index (χ0n) is 7.81. The van der Waals surface area contributed by atoms with Crippen LogP contribution in [0.2, 0.25) is 0 Å². The minimum atomic E-state index is -0.699. The molecule has 1 atom stereocenters. The van der Waals surface area contributed by atoms with E-state index in [9.17, 15) is 5.11 Å². The maximum atomic E-state index is 10.1. The molecule has 1 fully saturated rings. The van der Waals surface area contributed by atoms with Gasteiger partial charge in [0.1, 0.15) is 11.1 Å². The molecule has 0 saturated heterocycles. The Morgan fingerprint density at radius 1 is 1.57 bits per heavy atom. The first kappa shape index (κ1) is 9.63. The Morgan fingerprint density at radius 2 is 2.29 bits per heavy atom. The van der Waals surface area contributed by atoms with Crippen molar-refractivity contribution in [3.05, 3.63) is 16.6 Å². The van der Waals surface area contributed by atoms with E-state index < -0.39 is 11.5 Å². The lowest BCUT2D eigenvalue weighted by Gasteiger charge is -2.24. The summed E-state index contributed by atoms with van der Waals surface area (Å²) in [6, 6.07) is 2.28. The predicted octanol–water partition coefficient (Wildman–Crippen LogP) is 2.26. The van der Waals surface area contributed by atoms with E-state index >= 15 is 0 Å². The van der Waals surface area contributed by atoms with Gasteiger partial charge in [-0.1, -0.05) is 12.8 Å². The van der Waals surface area contributed by atoms with Crippen molar-refractivity contribution in [2.45, 2.75) is 31.8 Å². The number of thiazole rings is 1. The average molecular weight is 208 g/mol. The number of aromatic nitrogens is 1. The molecule has 3 nitrogen and oxygen atoms in total. The summed E-state index contributed by atoms with van der Waals surface area (Å²) in [5.41, 5.74) is -0.572. The predicted molar refractivity (Wildman–Crippen MR) is 53.6 cm³/mol. The van der Waals surface area contributed by atoms with Gasteiger partial charge in [0.15, 0.2) is 0 Å². The van der Waals surface area contributed by atoms with E-state index in [-0.39, 0.29) is 0 Å². The van der Waals surface area contributed by atoms with Crippen molar-refractivity contribution in [1.29, 1.82) is 5.26 Å². The summed E-state index contributed by atoms with van der Waals surface area (Å²) < 4.78 is 0. The van der Waals surface area contributed by atoms with Gasteiger partial charge < -0.3 is 5.11 Å². The summed E-state index contributed by atoms with van der Waals surface area (Å²) in [6.07, 6.45) is 4.64. The molecule has 1 aliphatic carbocycles. The largest absolute Gasteiger partial charge is 0.384 e. The molecule has 1 aliphatic rings. The van der Waals surface area contributed by atoms with Crippen molar-refractivity contribution in [3.63, 3.8) is 0 Å². The summed E-state index contributed by atoms with van der Waals surface area (Å²) in [7, 11) is 0. The van der Waals surface area contributed by atoms with Gasteiger partial charge in [-0.15, -0.1) is 11.3 Å². The van der Waals surface area contributed by atoms with Crippen molar-refractivity contribution in [3.8, 4) is 6.07 Å². The molecular weight excluding hydrogens is 196 g/mol. The minimum Gasteiger partial charge on any atom is -0.384 e. The van der Waals surface area contributed by atoms with E-state index in [1.807, 2.05) is 5.38 Å². The topological polar surface area (TPSA) is 56.9 Å². The molecule has 1 saturated carbocycles. The minimum absolute atomic E-state index is 0.572. The maximum absolute atomic E-state index is 10.1. The second kappa shape index (κ2) is 3.68. The third kappa shape index (κ3) is 1.43. The smallest absolute Gasteiger partial charge is 0.124 e. The van der Waals surface area contributed by atoms with E-state index in [1.54, 1.807) is 6.20 Å². The highest BCUT2D eigenvalue weighted by atomic mass is 32.1. The Hall–Kier alpha value is -0.920. The molecular formula is C10H12N2OS. The third-order valence-electron chi connectivity index (χ3n) is 2.93. The van der Waals surface area contributed by atoms with Crippen LogP contribution in [0.25, 0.3) is 0 Å². The fourth-order valence-corrected chi connectivity index (χ4v) is 2.80. The van der Waals surface area contributed by atoms with Crippen molar-refractivity contribution < 1.29 is 5.11 Å². The highest BCUT2D eigenvalue weighted by Gasteiger charge is 2.42. The summed E-state index contributed by atoms with van der Waals surface area (Å²) in [4.78, 5) is 4.07. The van der Waals surface area contributed by atoms with Crippen LogP contribution in [0.5, 0.6) is 0 Å². The third-order valence-corrected chi connectivity index (χ3v) is 3.76. The molecule has 0 aromatic carbocycles. The van der Waals surface area contributed by atoms with Crippen molar-refractivity contribution in [2.24, 2.45) is 5.41 Å². The average Bonchev–Trinajstić information content (AvgIpc) is 2.89. The first-order valence-electron chi connectivity index (χ1n) is 4.77. The molecule has 0 bridgehead atoms. The monoisotopic (exact) mass is 208 g/mol. The fraction of sp³-hybridized carbons (Fsp3) is 0.600. The molecule has 0 aliphatic heterocycles. The summed E-state index contributed by atoms with van der Waals surface area (Å²) in [5, 5.41) is 21.7. The number of hydrogen-bond donors (Lipinski definition) is 1. The number of nitrogens with zero attached hydrogens (tertiary/aromatic N) is 2. The molecule has 1 aromatic rings. The summed E-state index contributed by atoms with van der Waals surface area (Å²) in [6.45, 7) is 0. The molecule has 1 N–H and O–H groups in total. The Balaban J connectivity index is 2.25. The van der Waals surface area contributed by atoms with Crippen LogP contribution in [-0.4, -0.2) is 10.1 Å². The van der Waals surface area contributed by atoms with Crippen LogP contribution in [0.4, 0.5) is 0 Å². The molecule has 4 heteroatoms. The van der Waals surface area contributed by atoms with Crippen molar-refractivity contribution >= 4 is 11.3 Å². The number of nitriles is 1. The molecule has 0 spiro atoms. The van der Waals surface area contributed by atoms with E-state index in [4.69, 9.17) is 5.26 Å². The number of hydrogen-bond acceptors (Lipinski definition) is 4. The van der Waals surface area contributed by atoms with E-state index in [0.29, 0.717) is 5.01 Å². The van der Waals surface area contributed by atoms with Crippen molar-refractivity contribution in [2.75, 3.05) is 0 Å². The molecule has 74 valence electrons. The highest BCUT2D eigenvalue weighted by molar-refractivity contribution is 7.09. The Kier molecular flexibility index (Phi) is 2.53. The van der Waals surface area contributed by atoms with Crippen LogP contribution in [-0.2, 0) is 0 Å². The zero-order valence-corrected chi connectivity index (χ0v) is 8.63. The standard InChI is InChI=1S/C10H12N2OS/c11-7-10(3-1-2-4-10)8(13)9-12-5-6-14-9/h5-6,8,13H,1-4H2. The lowest BCUT2D eigenvalue weighted by Crippen LogP contribution is -2.23. The first-order chi connectivity index (χ1) is 6.78. The van der Waals surface area contributed by atoms with Crippen molar-refractivity contribution in [1.82, 2.24) is 4.98 Å². The molecule has 1 aromatic heterocycles. The lowest BCUT2D eigenvalue weighted by atomic mass is 9.82. The highest BCUT2D eigenvalue weighted by Crippen LogP contribution is 2.47. The molecule has 0 amide bonds. The quantitative estimate of drug-likeness (QED) is 0.811. The SMILES string of the molecule is N#CC1(C(O)c2nccs2)CCCC1. The van der Waals surface area contributed by atoms with E-state index in [1.165, 1.54) is 11.3 Å². The molecule has 0 radical (unpaired) electrons. The van der Waals surface area contributed by atoms with Crippen LogP contribution >= 0.6 is 11.3 Å². The Morgan fingerprint density at radius 3 is 2.79 bits per heavy atom. The molecule has 14 heavy (non-hydrogen) atoms. The van der Waals surface area contributed by atoms with Gasteiger partial charge in [-0.25, -0.2) is 4.98 Å². The number of rotatable bonds is 2. The molecule has 2 rings (SSSR count). The van der Waals surface area contributed by atoms with Gasteiger partial charge in [0.25, 0.3) is 0 Å². The summed E-state index contributed by atoms with van der Waals surface area (Å²) >= 11 is 1.42. The van der Waals surface area contributed by atoms with Crippen LogP contribution in [0, 0.1) is 16.7 Å². The van der Waals surface area contributed by atoms with Crippen LogP contribution in [0.3, 0.4) is 0 Å².